The Morgan fingerprint density at radius 2 is 2.19 bits per heavy atom. The van der Waals surface area contributed by atoms with E-state index in [1.807, 2.05) is 25.4 Å². The van der Waals surface area contributed by atoms with Gasteiger partial charge in [-0.25, -0.2) is 4.98 Å². The fourth-order valence-electron chi connectivity index (χ4n) is 3.32. The predicted molar refractivity (Wildman–Crippen MR) is 118 cm³/mol. The number of hydrogen-bond donors (Lipinski definition) is 2. The van der Waals surface area contributed by atoms with Gasteiger partial charge in [-0.3, -0.25) is 4.99 Å². The lowest BCUT2D eigenvalue weighted by atomic mass is 10.1. The van der Waals surface area contributed by atoms with E-state index in [0.29, 0.717) is 6.04 Å². The van der Waals surface area contributed by atoms with Crippen LogP contribution >= 0.6 is 24.0 Å². The smallest absolute Gasteiger partial charge is 0.191 e. The second kappa shape index (κ2) is 11.4. The van der Waals surface area contributed by atoms with Crippen LogP contribution < -0.4 is 15.5 Å². The maximum absolute atomic E-state index is 5.35. The van der Waals surface area contributed by atoms with E-state index < -0.39 is 0 Å². The lowest BCUT2D eigenvalue weighted by Gasteiger charge is -2.33. The fourth-order valence-corrected chi connectivity index (χ4v) is 3.32. The van der Waals surface area contributed by atoms with Crippen molar-refractivity contribution in [1.29, 1.82) is 0 Å². The van der Waals surface area contributed by atoms with Crippen LogP contribution in [0.1, 0.15) is 25.7 Å². The van der Waals surface area contributed by atoms with Gasteiger partial charge in [0.25, 0.3) is 0 Å². The fraction of sp³-hybridized carbons (Fsp3) is 0.579. The molecule has 2 aliphatic rings. The van der Waals surface area contributed by atoms with Crippen LogP contribution in [0.5, 0.6) is 0 Å². The number of nitrogens with zero attached hydrogens (tertiary/aromatic N) is 3. The largest absolute Gasteiger partial charge is 0.377 e. The van der Waals surface area contributed by atoms with Crippen LogP contribution in [0.2, 0.25) is 0 Å². The molecule has 144 valence electrons. The summed E-state index contributed by atoms with van der Waals surface area (Å²) in [5, 5.41) is 7.00. The van der Waals surface area contributed by atoms with Crippen molar-refractivity contribution in [3.05, 3.63) is 36.0 Å². The van der Waals surface area contributed by atoms with Crippen LogP contribution in [0.3, 0.4) is 0 Å². The maximum atomic E-state index is 5.35. The van der Waals surface area contributed by atoms with Crippen LogP contribution in [-0.4, -0.2) is 56.9 Å². The van der Waals surface area contributed by atoms with Gasteiger partial charge in [0, 0.05) is 38.9 Å². The van der Waals surface area contributed by atoms with Crippen molar-refractivity contribution in [1.82, 2.24) is 15.6 Å². The van der Waals surface area contributed by atoms with E-state index in [9.17, 15) is 0 Å². The Balaban J connectivity index is 0.00000243. The molecule has 6 nitrogen and oxygen atoms in total. The molecule has 0 saturated carbocycles. The third-order valence-corrected chi connectivity index (χ3v) is 4.83. The SMILES string of the molecule is CN=C(NCCC1=CCOCC1)NC1CCN(c2ccccn2)CC1.I. The van der Waals surface area contributed by atoms with Gasteiger partial charge in [0.05, 0.1) is 13.2 Å². The minimum Gasteiger partial charge on any atom is -0.377 e. The van der Waals surface area contributed by atoms with E-state index in [4.69, 9.17) is 4.74 Å². The summed E-state index contributed by atoms with van der Waals surface area (Å²) in [4.78, 5) is 11.2. The van der Waals surface area contributed by atoms with Crippen LogP contribution in [0.4, 0.5) is 5.82 Å². The highest BCUT2D eigenvalue weighted by Crippen LogP contribution is 2.17. The number of hydrogen-bond acceptors (Lipinski definition) is 4. The Labute approximate surface area is 173 Å². The first-order valence-electron chi connectivity index (χ1n) is 9.24. The van der Waals surface area contributed by atoms with Crippen molar-refractivity contribution in [2.75, 3.05) is 44.8 Å². The van der Waals surface area contributed by atoms with Crippen molar-refractivity contribution in [2.24, 2.45) is 4.99 Å². The number of guanidine groups is 1. The molecule has 0 atom stereocenters. The number of anilines is 1. The van der Waals surface area contributed by atoms with Crippen LogP contribution in [-0.2, 0) is 4.74 Å². The number of halogens is 1. The highest BCUT2D eigenvalue weighted by atomic mass is 127. The van der Waals surface area contributed by atoms with Crippen LogP contribution in [0.25, 0.3) is 0 Å². The third kappa shape index (κ3) is 6.42. The van der Waals surface area contributed by atoms with E-state index in [1.165, 1.54) is 5.57 Å². The molecule has 3 heterocycles. The van der Waals surface area contributed by atoms with E-state index in [2.05, 4.69) is 37.7 Å². The number of pyridine rings is 1. The Kier molecular flexibility index (Phi) is 9.17. The summed E-state index contributed by atoms with van der Waals surface area (Å²) in [5.74, 6) is 1.98. The van der Waals surface area contributed by atoms with Gasteiger partial charge in [0.1, 0.15) is 5.82 Å². The van der Waals surface area contributed by atoms with Gasteiger partial charge < -0.3 is 20.3 Å². The molecule has 1 fully saturated rings. The quantitative estimate of drug-likeness (QED) is 0.299. The normalized spacial score (nSPS) is 18.7. The molecule has 2 N–H and O–H groups in total. The van der Waals surface area contributed by atoms with Gasteiger partial charge in [-0.15, -0.1) is 24.0 Å². The average Bonchev–Trinajstić information content (AvgIpc) is 2.69. The first-order valence-corrected chi connectivity index (χ1v) is 9.24. The third-order valence-electron chi connectivity index (χ3n) is 4.83. The molecule has 3 rings (SSSR count). The molecule has 0 bridgehead atoms. The second-order valence-corrected chi connectivity index (χ2v) is 6.53. The molecule has 0 aromatic carbocycles. The molecule has 7 heteroatoms. The minimum atomic E-state index is 0. The number of ether oxygens (including phenoxy) is 1. The standard InChI is InChI=1S/C19H29N5O.HI/c1-20-19(22-11-5-16-8-14-25-15-9-16)23-17-6-12-24(13-7-17)18-4-2-3-10-21-18;/h2-4,8,10,17H,5-7,9,11-15H2,1H3,(H2,20,22,23);1H. The molecule has 0 unspecified atom stereocenters. The summed E-state index contributed by atoms with van der Waals surface area (Å²) in [5.41, 5.74) is 1.48. The molecular formula is C19H30IN5O. The van der Waals surface area contributed by atoms with Crippen molar-refractivity contribution < 1.29 is 4.74 Å². The van der Waals surface area contributed by atoms with E-state index in [0.717, 1.165) is 70.3 Å². The molecule has 0 radical (unpaired) electrons. The Hall–Kier alpha value is -1.35. The zero-order valence-electron chi connectivity index (χ0n) is 15.5. The molecule has 1 saturated heterocycles. The summed E-state index contributed by atoms with van der Waals surface area (Å²) in [6, 6.07) is 6.56. The lowest BCUT2D eigenvalue weighted by molar-refractivity contribution is 0.153. The molecule has 1 aromatic rings. The van der Waals surface area contributed by atoms with Gasteiger partial charge in [-0.1, -0.05) is 17.7 Å². The highest BCUT2D eigenvalue weighted by molar-refractivity contribution is 14.0. The number of aromatic nitrogens is 1. The molecule has 0 amide bonds. The molecule has 2 aliphatic heterocycles. The van der Waals surface area contributed by atoms with E-state index in [-0.39, 0.29) is 24.0 Å². The monoisotopic (exact) mass is 471 g/mol. The first-order chi connectivity index (χ1) is 12.3. The molecule has 1 aromatic heterocycles. The molecular weight excluding hydrogens is 441 g/mol. The maximum Gasteiger partial charge on any atom is 0.191 e. The Bertz CT molecular complexity index is 585. The second-order valence-electron chi connectivity index (χ2n) is 6.53. The van der Waals surface area contributed by atoms with Gasteiger partial charge in [0.2, 0.25) is 0 Å². The van der Waals surface area contributed by atoms with E-state index >= 15 is 0 Å². The highest BCUT2D eigenvalue weighted by Gasteiger charge is 2.20. The Morgan fingerprint density at radius 3 is 2.85 bits per heavy atom. The van der Waals surface area contributed by atoms with E-state index in [1.54, 1.807) is 0 Å². The molecule has 0 spiro atoms. The average molecular weight is 471 g/mol. The molecule has 0 aliphatic carbocycles. The number of rotatable bonds is 5. The number of aliphatic imine (C=N–C) groups is 1. The summed E-state index contributed by atoms with van der Waals surface area (Å²) in [6.45, 7) is 4.58. The summed E-state index contributed by atoms with van der Waals surface area (Å²) < 4.78 is 5.35. The van der Waals surface area contributed by atoms with Crippen molar-refractivity contribution in [3.8, 4) is 0 Å². The van der Waals surface area contributed by atoms with Crippen LogP contribution in [0, 0.1) is 0 Å². The topological polar surface area (TPSA) is 61.8 Å². The first kappa shape index (κ1) is 21.0. The predicted octanol–water partition coefficient (Wildman–Crippen LogP) is 2.57. The van der Waals surface area contributed by atoms with Crippen molar-refractivity contribution >= 4 is 35.8 Å². The Morgan fingerprint density at radius 1 is 1.35 bits per heavy atom. The number of nitrogens with one attached hydrogen (secondary N) is 2. The summed E-state index contributed by atoms with van der Waals surface area (Å²) >= 11 is 0. The van der Waals surface area contributed by atoms with Gasteiger partial charge >= 0.3 is 0 Å². The lowest BCUT2D eigenvalue weighted by Crippen LogP contribution is -2.49. The van der Waals surface area contributed by atoms with Crippen molar-refractivity contribution in [2.45, 2.75) is 31.7 Å². The minimum absolute atomic E-state index is 0. The van der Waals surface area contributed by atoms with Gasteiger partial charge in [0.15, 0.2) is 5.96 Å². The summed E-state index contributed by atoms with van der Waals surface area (Å²) in [7, 11) is 1.84. The number of piperidine rings is 1. The van der Waals surface area contributed by atoms with Gasteiger partial charge in [-0.05, 0) is 37.8 Å². The zero-order chi connectivity index (χ0) is 17.3. The van der Waals surface area contributed by atoms with Crippen molar-refractivity contribution in [3.63, 3.8) is 0 Å². The molecule has 26 heavy (non-hydrogen) atoms. The zero-order valence-corrected chi connectivity index (χ0v) is 17.8. The summed E-state index contributed by atoms with van der Waals surface area (Å²) in [6.07, 6.45) is 8.37. The van der Waals surface area contributed by atoms with Crippen LogP contribution in [0.15, 0.2) is 41.0 Å². The van der Waals surface area contributed by atoms with Gasteiger partial charge in [-0.2, -0.15) is 0 Å².